The molecule has 21 heavy (non-hydrogen) atoms. The van der Waals surface area contributed by atoms with Gasteiger partial charge in [-0.1, -0.05) is 24.3 Å². The van der Waals surface area contributed by atoms with Gasteiger partial charge in [-0.2, -0.15) is 11.0 Å². The Hall–Kier alpha value is -2.70. The number of nitrogens with two attached hydrogens (primary N) is 2. The van der Waals surface area contributed by atoms with E-state index in [2.05, 4.69) is 9.94 Å². The molecule has 0 atom stereocenters. The van der Waals surface area contributed by atoms with Gasteiger partial charge < -0.3 is 10.6 Å². The lowest BCUT2D eigenvalue weighted by Crippen LogP contribution is -2.10. The summed E-state index contributed by atoms with van der Waals surface area (Å²) in [4.78, 5) is 15.9. The zero-order chi connectivity index (χ0) is 14.8. The topological polar surface area (TPSA) is 96.2 Å². The highest BCUT2D eigenvalue weighted by Crippen LogP contribution is 2.20. The minimum absolute atomic E-state index is 0.340. The summed E-state index contributed by atoms with van der Waals surface area (Å²) < 4.78 is 1.71. The quantitative estimate of drug-likeness (QED) is 0.710. The van der Waals surface area contributed by atoms with Gasteiger partial charge >= 0.3 is 5.97 Å². The van der Waals surface area contributed by atoms with Crippen LogP contribution in [0.15, 0.2) is 48.7 Å². The molecule has 1 aromatic heterocycles. The number of hydrogen-bond acceptors (Lipinski definition) is 5. The van der Waals surface area contributed by atoms with Crippen LogP contribution in [0.2, 0.25) is 0 Å². The van der Waals surface area contributed by atoms with Crippen molar-refractivity contribution in [1.29, 1.82) is 0 Å². The molecule has 0 saturated carbocycles. The van der Waals surface area contributed by atoms with Crippen molar-refractivity contribution in [2.75, 3.05) is 0 Å². The van der Waals surface area contributed by atoms with Crippen molar-refractivity contribution >= 4 is 16.9 Å². The number of carbonyl (C=O) groups excluding carboxylic acids is 1. The molecule has 3 aromatic rings. The Morgan fingerprint density at radius 2 is 1.95 bits per heavy atom. The fourth-order valence-electron chi connectivity index (χ4n) is 2.19. The predicted octanol–water partition coefficient (Wildman–Crippen LogP) is 1.51. The summed E-state index contributed by atoms with van der Waals surface area (Å²) in [5.41, 5.74) is 8.40. The van der Waals surface area contributed by atoms with Gasteiger partial charge in [0.15, 0.2) is 0 Å². The molecule has 2 aromatic carbocycles. The second-order valence-corrected chi connectivity index (χ2v) is 4.59. The molecule has 4 N–H and O–H groups in total. The van der Waals surface area contributed by atoms with Crippen LogP contribution in [0.5, 0.6) is 0 Å². The van der Waals surface area contributed by atoms with Crippen LogP contribution in [0.25, 0.3) is 16.6 Å². The van der Waals surface area contributed by atoms with Crippen molar-refractivity contribution in [2.24, 2.45) is 11.6 Å². The van der Waals surface area contributed by atoms with Crippen LogP contribution < -0.4 is 11.6 Å². The zero-order valence-electron chi connectivity index (χ0n) is 11.2. The lowest BCUT2D eigenvalue weighted by atomic mass is 10.1. The smallest absolute Gasteiger partial charge is 0.358 e. The lowest BCUT2D eigenvalue weighted by molar-refractivity contribution is 0.0505. The molecule has 1 heterocycles. The van der Waals surface area contributed by atoms with Gasteiger partial charge in [-0.3, -0.25) is 0 Å². The molecule has 6 nitrogen and oxygen atoms in total. The van der Waals surface area contributed by atoms with Crippen LogP contribution in [-0.2, 0) is 11.4 Å². The minimum atomic E-state index is -0.607. The number of hydrogen-bond donors (Lipinski definition) is 2. The van der Waals surface area contributed by atoms with Crippen LogP contribution in [0.1, 0.15) is 15.9 Å². The molecular formula is C15H14N4O2. The number of fused-ring (bicyclic) bond motifs is 1. The van der Waals surface area contributed by atoms with E-state index in [1.165, 1.54) is 0 Å². The summed E-state index contributed by atoms with van der Waals surface area (Å²) in [5, 5.41) is 5.27. The molecular weight excluding hydrogens is 268 g/mol. The number of nitrogens with zero attached hydrogens (tertiary/aromatic N) is 2. The van der Waals surface area contributed by atoms with Crippen molar-refractivity contribution in [1.82, 2.24) is 9.78 Å². The third-order valence-corrected chi connectivity index (χ3v) is 3.30. The summed E-state index contributed by atoms with van der Waals surface area (Å²) in [6, 6.07) is 13.0. The molecule has 6 heteroatoms. The molecule has 0 bridgehead atoms. The standard InChI is InChI=1S/C15H14N4O2/c16-8-10-4-6-12(7-5-10)19-9-11-2-1-3-13(14(11)18-19)15(20)21-17/h1-7,9H,8,16-17H2. The van der Waals surface area contributed by atoms with Gasteiger partial charge in [0.1, 0.15) is 5.52 Å². The predicted molar refractivity (Wildman–Crippen MR) is 78.6 cm³/mol. The van der Waals surface area contributed by atoms with E-state index in [0.29, 0.717) is 17.6 Å². The first kappa shape index (κ1) is 13.3. The largest absolute Gasteiger partial charge is 0.370 e. The molecule has 0 spiro atoms. The highest BCUT2D eigenvalue weighted by Gasteiger charge is 2.14. The normalized spacial score (nSPS) is 10.8. The van der Waals surface area contributed by atoms with E-state index in [1.54, 1.807) is 16.8 Å². The Labute approximate surface area is 120 Å². The Bertz CT molecular complexity index is 793. The van der Waals surface area contributed by atoms with Gasteiger partial charge in [-0.15, -0.1) is 0 Å². The van der Waals surface area contributed by atoms with Crippen LogP contribution in [0, 0.1) is 0 Å². The molecule has 0 amide bonds. The van der Waals surface area contributed by atoms with E-state index in [9.17, 15) is 4.79 Å². The summed E-state index contributed by atoms with van der Waals surface area (Å²) in [5.74, 6) is 4.34. The van der Waals surface area contributed by atoms with Crippen molar-refractivity contribution < 1.29 is 9.63 Å². The van der Waals surface area contributed by atoms with Crippen molar-refractivity contribution in [3.8, 4) is 5.69 Å². The molecule has 0 aliphatic rings. The average Bonchev–Trinajstić information content (AvgIpc) is 2.98. The van der Waals surface area contributed by atoms with Gasteiger partial charge in [-0.25, -0.2) is 9.48 Å². The molecule has 0 unspecified atom stereocenters. The third-order valence-electron chi connectivity index (χ3n) is 3.30. The first-order chi connectivity index (χ1) is 10.2. The molecule has 0 fully saturated rings. The van der Waals surface area contributed by atoms with E-state index in [1.807, 2.05) is 36.5 Å². The molecule has 0 aliphatic heterocycles. The molecule has 3 rings (SSSR count). The average molecular weight is 282 g/mol. The van der Waals surface area contributed by atoms with Gasteiger partial charge in [0.2, 0.25) is 0 Å². The van der Waals surface area contributed by atoms with E-state index >= 15 is 0 Å². The molecule has 106 valence electrons. The van der Waals surface area contributed by atoms with Gasteiger partial charge in [0.25, 0.3) is 0 Å². The maximum Gasteiger partial charge on any atom is 0.358 e. The summed E-state index contributed by atoms with van der Waals surface area (Å²) in [6.45, 7) is 0.494. The van der Waals surface area contributed by atoms with Crippen LogP contribution in [0.3, 0.4) is 0 Å². The highest BCUT2D eigenvalue weighted by atomic mass is 16.7. The SMILES string of the molecule is NCc1ccc(-n2cc3cccc(C(=O)ON)c3n2)cc1. The Morgan fingerprint density at radius 1 is 1.19 bits per heavy atom. The summed E-state index contributed by atoms with van der Waals surface area (Å²) >= 11 is 0. The van der Waals surface area contributed by atoms with Crippen LogP contribution >= 0.6 is 0 Å². The van der Waals surface area contributed by atoms with Crippen molar-refractivity contribution in [3.05, 3.63) is 59.8 Å². The van der Waals surface area contributed by atoms with Gasteiger partial charge in [-0.05, 0) is 23.8 Å². The first-order valence-corrected chi connectivity index (χ1v) is 6.42. The summed E-state index contributed by atoms with van der Waals surface area (Å²) in [6.07, 6.45) is 1.85. The molecule has 0 saturated heterocycles. The lowest BCUT2D eigenvalue weighted by Gasteiger charge is -2.02. The van der Waals surface area contributed by atoms with Gasteiger partial charge in [0, 0.05) is 18.1 Å². The molecule has 0 radical (unpaired) electrons. The highest BCUT2D eigenvalue weighted by molar-refractivity contribution is 6.02. The van der Waals surface area contributed by atoms with Crippen LogP contribution in [0.4, 0.5) is 0 Å². The maximum absolute atomic E-state index is 11.6. The van der Waals surface area contributed by atoms with Gasteiger partial charge in [0.05, 0.1) is 11.3 Å². The van der Waals surface area contributed by atoms with Crippen molar-refractivity contribution in [3.63, 3.8) is 0 Å². The fourth-order valence-corrected chi connectivity index (χ4v) is 2.19. The number of aromatic nitrogens is 2. The monoisotopic (exact) mass is 282 g/mol. The Morgan fingerprint density at radius 3 is 2.62 bits per heavy atom. The number of rotatable bonds is 3. The van der Waals surface area contributed by atoms with E-state index < -0.39 is 5.97 Å². The third kappa shape index (κ3) is 2.37. The fraction of sp³-hybridized carbons (Fsp3) is 0.0667. The zero-order valence-corrected chi connectivity index (χ0v) is 11.2. The second-order valence-electron chi connectivity index (χ2n) is 4.59. The van der Waals surface area contributed by atoms with E-state index in [0.717, 1.165) is 16.6 Å². The minimum Gasteiger partial charge on any atom is -0.370 e. The van der Waals surface area contributed by atoms with E-state index in [-0.39, 0.29) is 0 Å². The van der Waals surface area contributed by atoms with E-state index in [4.69, 9.17) is 11.6 Å². The Kier molecular flexibility index (Phi) is 3.39. The maximum atomic E-state index is 11.6. The summed E-state index contributed by atoms with van der Waals surface area (Å²) in [7, 11) is 0. The second kappa shape index (κ2) is 5.35. The Balaban J connectivity index is 2.10. The van der Waals surface area contributed by atoms with Crippen LogP contribution in [-0.4, -0.2) is 15.7 Å². The number of carbonyl (C=O) groups is 1. The molecule has 0 aliphatic carbocycles. The first-order valence-electron chi connectivity index (χ1n) is 6.42. The van der Waals surface area contributed by atoms with Crippen molar-refractivity contribution in [2.45, 2.75) is 6.54 Å². The number of benzene rings is 2.